The number of aromatic nitrogens is 2. The third kappa shape index (κ3) is 2.51. The summed E-state index contributed by atoms with van der Waals surface area (Å²) >= 11 is 6.33. The Morgan fingerprint density at radius 2 is 2.11 bits per heavy atom. The SMILES string of the molecule is Cc1ccc2c(c1)nc(C(C)Cl)n2C(C)CC1CC1. The Morgan fingerprint density at radius 1 is 1.37 bits per heavy atom. The van der Waals surface area contributed by atoms with Crippen LogP contribution in [0, 0.1) is 12.8 Å². The summed E-state index contributed by atoms with van der Waals surface area (Å²) in [6.45, 7) is 6.41. The molecule has 0 bridgehead atoms. The average Bonchev–Trinajstić information content (AvgIpc) is 3.06. The first-order chi connectivity index (χ1) is 9.06. The van der Waals surface area contributed by atoms with Crippen molar-refractivity contribution in [1.82, 2.24) is 9.55 Å². The Kier molecular flexibility index (Phi) is 3.30. The third-order valence-electron chi connectivity index (χ3n) is 4.04. The highest BCUT2D eigenvalue weighted by atomic mass is 35.5. The molecule has 1 aromatic carbocycles. The van der Waals surface area contributed by atoms with Gasteiger partial charge in [0.25, 0.3) is 0 Å². The van der Waals surface area contributed by atoms with Gasteiger partial charge in [-0.2, -0.15) is 0 Å². The van der Waals surface area contributed by atoms with Crippen LogP contribution in [-0.4, -0.2) is 9.55 Å². The highest BCUT2D eigenvalue weighted by Crippen LogP contribution is 2.39. The van der Waals surface area contributed by atoms with E-state index in [9.17, 15) is 0 Å². The van der Waals surface area contributed by atoms with E-state index in [0.29, 0.717) is 6.04 Å². The Morgan fingerprint density at radius 3 is 2.74 bits per heavy atom. The molecule has 2 aromatic rings. The molecular weight excluding hydrogens is 256 g/mol. The van der Waals surface area contributed by atoms with E-state index < -0.39 is 0 Å². The number of hydrogen-bond donors (Lipinski definition) is 0. The number of fused-ring (bicyclic) bond motifs is 1. The zero-order valence-electron chi connectivity index (χ0n) is 11.9. The van der Waals surface area contributed by atoms with E-state index in [4.69, 9.17) is 16.6 Å². The predicted octanol–water partition coefficient (Wildman–Crippen LogP) is 5.01. The van der Waals surface area contributed by atoms with Crippen LogP contribution in [0.4, 0.5) is 0 Å². The Bertz CT molecular complexity index is 596. The maximum Gasteiger partial charge on any atom is 0.127 e. The van der Waals surface area contributed by atoms with Crippen molar-refractivity contribution < 1.29 is 0 Å². The molecule has 2 atom stereocenters. The predicted molar refractivity (Wildman–Crippen MR) is 80.8 cm³/mol. The standard InChI is InChI=1S/C16H21ClN2/c1-10-4-7-15-14(8-10)18-16(12(3)17)19(15)11(2)9-13-5-6-13/h4,7-8,11-13H,5-6,9H2,1-3H3. The summed E-state index contributed by atoms with van der Waals surface area (Å²) in [4.78, 5) is 4.75. The minimum Gasteiger partial charge on any atom is -0.324 e. The van der Waals surface area contributed by atoms with Crippen LogP contribution in [0.1, 0.15) is 55.9 Å². The van der Waals surface area contributed by atoms with Gasteiger partial charge in [-0.25, -0.2) is 4.98 Å². The number of imidazole rings is 1. The Balaban J connectivity index is 2.09. The average molecular weight is 277 g/mol. The monoisotopic (exact) mass is 276 g/mol. The van der Waals surface area contributed by atoms with Gasteiger partial charge in [0.15, 0.2) is 0 Å². The molecule has 0 spiro atoms. The molecule has 102 valence electrons. The van der Waals surface area contributed by atoms with Crippen LogP contribution in [0.15, 0.2) is 18.2 Å². The summed E-state index contributed by atoms with van der Waals surface area (Å²) in [6, 6.07) is 6.98. The first-order valence-electron chi connectivity index (χ1n) is 7.19. The summed E-state index contributed by atoms with van der Waals surface area (Å²) in [5.41, 5.74) is 3.55. The molecule has 0 aliphatic heterocycles. The Hall–Kier alpha value is -1.02. The van der Waals surface area contributed by atoms with Crippen molar-refractivity contribution in [2.45, 2.75) is 51.5 Å². The summed E-state index contributed by atoms with van der Waals surface area (Å²) in [6.07, 6.45) is 4.03. The molecular formula is C16H21ClN2. The lowest BCUT2D eigenvalue weighted by Crippen LogP contribution is -2.10. The minimum absolute atomic E-state index is 0.0469. The number of aryl methyl sites for hydroxylation is 1. The molecule has 1 fully saturated rings. The van der Waals surface area contributed by atoms with Crippen LogP contribution in [0.2, 0.25) is 0 Å². The molecule has 0 saturated heterocycles. The lowest BCUT2D eigenvalue weighted by atomic mass is 10.1. The van der Waals surface area contributed by atoms with Gasteiger partial charge >= 0.3 is 0 Å². The highest BCUT2D eigenvalue weighted by Gasteiger charge is 2.27. The summed E-state index contributed by atoms with van der Waals surface area (Å²) in [5.74, 6) is 1.92. The Labute approximate surface area is 119 Å². The maximum absolute atomic E-state index is 6.33. The molecule has 2 nitrogen and oxygen atoms in total. The van der Waals surface area contributed by atoms with Crippen LogP contribution >= 0.6 is 11.6 Å². The quantitative estimate of drug-likeness (QED) is 0.718. The van der Waals surface area contributed by atoms with Crippen molar-refractivity contribution in [1.29, 1.82) is 0 Å². The van der Waals surface area contributed by atoms with Crippen molar-refractivity contribution in [3.8, 4) is 0 Å². The van der Waals surface area contributed by atoms with E-state index in [2.05, 4.69) is 36.6 Å². The fourth-order valence-electron chi connectivity index (χ4n) is 2.91. The van der Waals surface area contributed by atoms with Crippen molar-refractivity contribution >= 4 is 22.6 Å². The van der Waals surface area contributed by atoms with Crippen LogP contribution in [0.5, 0.6) is 0 Å². The molecule has 3 heteroatoms. The van der Waals surface area contributed by atoms with E-state index in [1.807, 2.05) is 6.92 Å². The van der Waals surface area contributed by atoms with Gasteiger partial charge < -0.3 is 4.57 Å². The first-order valence-corrected chi connectivity index (χ1v) is 7.62. The molecule has 1 saturated carbocycles. The first kappa shape index (κ1) is 13.0. The second kappa shape index (κ2) is 4.82. The molecule has 0 radical (unpaired) electrons. The molecule has 2 unspecified atom stereocenters. The molecule has 0 N–H and O–H groups in total. The van der Waals surface area contributed by atoms with Crippen molar-refractivity contribution in [2.24, 2.45) is 5.92 Å². The van der Waals surface area contributed by atoms with Crippen LogP contribution in [-0.2, 0) is 0 Å². The minimum atomic E-state index is -0.0469. The van der Waals surface area contributed by atoms with Gasteiger partial charge in [-0.05, 0) is 50.8 Å². The summed E-state index contributed by atoms with van der Waals surface area (Å²) in [5, 5.41) is -0.0469. The topological polar surface area (TPSA) is 17.8 Å². The molecule has 1 heterocycles. The van der Waals surface area contributed by atoms with Gasteiger partial charge in [-0.1, -0.05) is 18.9 Å². The van der Waals surface area contributed by atoms with E-state index in [0.717, 1.165) is 17.3 Å². The molecule has 0 amide bonds. The second-order valence-corrected chi connectivity index (χ2v) is 6.63. The van der Waals surface area contributed by atoms with E-state index in [-0.39, 0.29) is 5.38 Å². The second-order valence-electron chi connectivity index (χ2n) is 5.98. The van der Waals surface area contributed by atoms with Crippen LogP contribution in [0.25, 0.3) is 11.0 Å². The number of benzene rings is 1. The zero-order chi connectivity index (χ0) is 13.6. The van der Waals surface area contributed by atoms with Gasteiger partial charge in [0.2, 0.25) is 0 Å². The van der Waals surface area contributed by atoms with E-state index >= 15 is 0 Å². The number of hydrogen-bond acceptors (Lipinski definition) is 1. The number of alkyl halides is 1. The third-order valence-corrected chi connectivity index (χ3v) is 4.24. The van der Waals surface area contributed by atoms with E-state index in [1.54, 1.807) is 0 Å². The molecule has 19 heavy (non-hydrogen) atoms. The van der Waals surface area contributed by atoms with Crippen molar-refractivity contribution in [3.63, 3.8) is 0 Å². The number of rotatable bonds is 4. The van der Waals surface area contributed by atoms with Gasteiger partial charge in [-0.3, -0.25) is 0 Å². The molecule has 3 rings (SSSR count). The lowest BCUT2D eigenvalue weighted by molar-refractivity contribution is 0.472. The van der Waals surface area contributed by atoms with Crippen LogP contribution < -0.4 is 0 Å². The van der Waals surface area contributed by atoms with Gasteiger partial charge in [-0.15, -0.1) is 11.6 Å². The van der Waals surface area contributed by atoms with Crippen molar-refractivity contribution in [2.75, 3.05) is 0 Å². The largest absolute Gasteiger partial charge is 0.324 e. The molecule has 1 aromatic heterocycles. The number of halogens is 1. The molecule has 1 aliphatic rings. The summed E-state index contributed by atoms with van der Waals surface area (Å²) in [7, 11) is 0. The van der Waals surface area contributed by atoms with Crippen molar-refractivity contribution in [3.05, 3.63) is 29.6 Å². The maximum atomic E-state index is 6.33. The summed E-state index contributed by atoms with van der Waals surface area (Å²) < 4.78 is 2.35. The fraction of sp³-hybridized carbons (Fsp3) is 0.562. The lowest BCUT2D eigenvalue weighted by Gasteiger charge is -2.18. The van der Waals surface area contributed by atoms with Crippen LogP contribution in [0.3, 0.4) is 0 Å². The smallest absolute Gasteiger partial charge is 0.127 e. The fourth-order valence-corrected chi connectivity index (χ4v) is 3.07. The number of nitrogens with zero attached hydrogens (tertiary/aromatic N) is 2. The van der Waals surface area contributed by atoms with E-state index in [1.165, 1.54) is 30.3 Å². The molecule has 1 aliphatic carbocycles. The van der Waals surface area contributed by atoms with Gasteiger partial charge in [0, 0.05) is 6.04 Å². The normalized spacial score (nSPS) is 18.7. The van der Waals surface area contributed by atoms with Gasteiger partial charge in [0.1, 0.15) is 5.82 Å². The zero-order valence-corrected chi connectivity index (χ0v) is 12.6. The highest BCUT2D eigenvalue weighted by molar-refractivity contribution is 6.20. The van der Waals surface area contributed by atoms with Gasteiger partial charge in [0.05, 0.1) is 16.4 Å².